The maximum atomic E-state index is 5.58. The van der Waals surface area contributed by atoms with Crippen molar-refractivity contribution in [2.45, 2.75) is 32.4 Å². The molecule has 2 N–H and O–H groups in total. The van der Waals surface area contributed by atoms with Gasteiger partial charge in [-0.3, -0.25) is 4.90 Å². The van der Waals surface area contributed by atoms with Crippen molar-refractivity contribution in [3.05, 3.63) is 65.7 Å². The van der Waals surface area contributed by atoms with E-state index in [1.54, 1.807) is 0 Å². The van der Waals surface area contributed by atoms with Crippen LogP contribution in [0.3, 0.4) is 0 Å². The Labute approximate surface area is 167 Å². The number of ether oxygens (including phenoxy) is 1. The molecule has 27 heavy (non-hydrogen) atoms. The normalized spacial score (nSPS) is 17.1. The summed E-state index contributed by atoms with van der Waals surface area (Å²) in [4.78, 5) is 2.48. The Hall–Kier alpha value is -1.95. The van der Waals surface area contributed by atoms with E-state index in [-0.39, 0.29) is 12.1 Å². The van der Waals surface area contributed by atoms with Crippen molar-refractivity contribution in [3.8, 4) is 0 Å². The van der Waals surface area contributed by atoms with Crippen LogP contribution in [-0.2, 0) is 11.2 Å². The van der Waals surface area contributed by atoms with E-state index in [9.17, 15) is 0 Å². The SMILES string of the molecule is CCc1ccc(NC(=S)N[C@H](C)[C@H](c2ccccc2)N2CCOCC2)cc1. The smallest absolute Gasteiger partial charge is 0.171 e. The van der Waals surface area contributed by atoms with Gasteiger partial charge < -0.3 is 15.4 Å². The van der Waals surface area contributed by atoms with Gasteiger partial charge in [0.25, 0.3) is 0 Å². The van der Waals surface area contributed by atoms with Crippen LogP contribution in [0.4, 0.5) is 5.69 Å². The van der Waals surface area contributed by atoms with E-state index >= 15 is 0 Å². The molecule has 5 heteroatoms. The lowest BCUT2D eigenvalue weighted by atomic mass is 9.98. The van der Waals surface area contributed by atoms with Gasteiger partial charge in [-0.15, -0.1) is 0 Å². The molecule has 2 aromatic rings. The summed E-state index contributed by atoms with van der Waals surface area (Å²) >= 11 is 5.58. The van der Waals surface area contributed by atoms with Crippen LogP contribution >= 0.6 is 12.2 Å². The van der Waals surface area contributed by atoms with Crippen molar-refractivity contribution >= 4 is 23.0 Å². The third kappa shape index (κ3) is 5.51. The van der Waals surface area contributed by atoms with E-state index in [2.05, 4.69) is 84.0 Å². The second-order valence-corrected chi connectivity index (χ2v) is 7.35. The second-order valence-electron chi connectivity index (χ2n) is 6.94. The number of benzene rings is 2. The molecule has 144 valence electrons. The van der Waals surface area contributed by atoms with E-state index < -0.39 is 0 Å². The Morgan fingerprint density at radius 2 is 1.74 bits per heavy atom. The van der Waals surface area contributed by atoms with Crippen molar-refractivity contribution in [1.82, 2.24) is 10.2 Å². The topological polar surface area (TPSA) is 36.5 Å². The summed E-state index contributed by atoms with van der Waals surface area (Å²) in [5.41, 5.74) is 3.64. The van der Waals surface area contributed by atoms with Crippen LogP contribution < -0.4 is 10.6 Å². The van der Waals surface area contributed by atoms with Gasteiger partial charge in [-0.2, -0.15) is 0 Å². The summed E-state index contributed by atoms with van der Waals surface area (Å²) in [6, 6.07) is 19.5. The maximum Gasteiger partial charge on any atom is 0.171 e. The largest absolute Gasteiger partial charge is 0.379 e. The first-order valence-electron chi connectivity index (χ1n) is 9.70. The average molecular weight is 384 g/mol. The Bertz CT molecular complexity index is 714. The van der Waals surface area contributed by atoms with Crippen molar-refractivity contribution in [1.29, 1.82) is 0 Å². The lowest BCUT2D eigenvalue weighted by Crippen LogP contribution is -2.49. The number of rotatable bonds is 6. The Balaban J connectivity index is 1.67. The van der Waals surface area contributed by atoms with Gasteiger partial charge in [-0.25, -0.2) is 0 Å². The highest BCUT2D eigenvalue weighted by molar-refractivity contribution is 7.80. The highest BCUT2D eigenvalue weighted by atomic mass is 32.1. The fraction of sp³-hybridized carbons (Fsp3) is 0.409. The monoisotopic (exact) mass is 383 g/mol. The molecule has 0 spiro atoms. The quantitative estimate of drug-likeness (QED) is 0.738. The number of nitrogens with one attached hydrogen (secondary N) is 2. The molecule has 0 aromatic heterocycles. The Morgan fingerprint density at radius 3 is 2.37 bits per heavy atom. The van der Waals surface area contributed by atoms with Gasteiger partial charge in [0.05, 0.1) is 19.3 Å². The number of nitrogens with zero attached hydrogens (tertiary/aromatic N) is 1. The molecule has 0 radical (unpaired) electrons. The van der Waals surface area contributed by atoms with E-state index in [1.165, 1.54) is 11.1 Å². The molecule has 1 aliphatic rings. The zero-order valence-corrected chi connectivity index (χ0v) is 17.0. The standard InChI is InChI=1S/C22H29N3OS/c1-3-18-9-11-20(12-10-18)24-22(27)23-17(2)21(19-7-5-4-6-8-19)25-13-15-26-16-14-25/h4-12,17,21H,3,13-16H2,1-2H3,(H2,23,24,27)/t17-,21-/m1/s1. The van der Waals surface area contributed by atoms with E-state index in [1.807, 2.05) is 0 Å². The van der Waals surface area contributed by atoms with Crippen LogP contribution in [0.15, 0.2) is 54.6 Å². The van der Waals surface area contributed by atoms with Crippen LogP contribution in [0.2, 0.25) is 0 Å². The van der Waals surface area contributed by atoms with Crippen LogP contribution in [0.25, 0.3) is 0 Å². The minimum Gasteiger partial charge on any atom is -0.379 e. The molecule has 0 bridgehead atoms. The molecular formula is C22H29N3OS. The van der Waals surface area contributed by atoms with Crippen LogP contribution in [-0.4, -0.2) is 42.4 Å². The lowest BCUT2D eigenvalue weighted by Gasteiger charge is -2.38. The minimum atomic E-state index is 0.167. The molecule has 1 fully saturated rings. The van der Waals surface area contributed by atoms with Crippen LogP contribution in [0.1, 0.15) is 31.0 Å². The molecule has 3 rings (SSSR count). The van der Waals surface area contributed by atoms with Gasteiger partial charge in [-0.1, -0.05) is 49.4 Å². The van der Waals surface area contributed by atoms with Crippen molar-refractivity contribution in [2.24, 2.45) is 0 Å². The third-order valence-electron chi connectivity index (χ3n) is 5.03. The van der Waals surface area contributed by atoms with E-state index in [0.29, 0.717) is 5.11 Å². The lowest BCUT2D eigenvalue weighted by molar-refractivity contribution is 0.0102. The maximum absolute atomic E-state index is 5.58. The Morgan fingerprint density at radius 1 is 1.07 bits per heavy atom. The van der Waals surface area contributed by atoms with E-state index in [0.717, 1.165) is 38.4 Å². The number of morpholine rings is 1. The highest BCUT2D eigenvalue weighted by Gasteiger charge is 2.28. The minimum absolute atomic E-state index is 0.167. The predicted molar refractivity (Wildman–Crippen MR) is 116 cm³/mol. The molecule has 1 aliphatic heterocycles. The zero-order chi connectivity index (χ0) is 19.1. The molecule has 0 unspecified atom stereocenters. The second kappa shape index (κ2) is 9.83. The van der Waals surface area contributed by atoms with Gasteiger partial charge in [0, 0.05) is 24.8 Å². The summed E-state index contributed by atoms with van der Waals surface area (Å²) in [5.74, 6) is 0. The number of hydrogen-bond donors (Lipinski definition) is 2. The molecule has 1 heterocycles. The zero-order valence-electron chi connectivity index (χ0n) is 16.2. The van der Waals surface area contributed by atoms with Crippen molar-refractivity contribution in [3.63, 3.8) is 0 Å². The average Bonchev–Trinajstić information content (AvgIpc) is 2.70. The summed E-state index contributed by atoms with van der Waals surface area (Å²) < 4.78 is 5.54. The molecule has 0 aliphatic carbocycles. The summed E-state index contributed by atoms with van der Waals surface area (Å²) in [6.45, 7) is 7.78. The van der Waals surface area contributed by atoms with Crippen molar-refractivity contribution < 1.29 is 4.74 Å². The number of thiocarbonyl (C=S) groups is 1. The first kappa shape index (κ1) is 19.8. The fourth-order valence-electron chi connectivity index (χ4n) is 3.60. The summed E-state index contributed by atoms with van der Waals surface area (Å²) in [7, 11) is 0. The molecule has 1 saturated heterocycles. The number of aryl methyl sites for hydroxylation is 1. The molecule has 0 amide bonds. The van der Waals surface area contributed by atoms with Gasteiger partial charge in [0.1, 0.15) is 0 Å². The first-order chi connectivity index (χ1) is 13.2. The van der Waals surface area contributed by atoms with Gasteiger partial charge in [0.15, 0.2) is 5.11 Å². The van der Waals surface area contributed by atoms with Crippen LogP contribution in [0, 0.1) is 0 Å². The number of hydrogen-bond acceptors (Lipinski definition) is 3. The van der Waals surface area contributed by atoms with Crippen molar-refractivity contribution in [2.75, 3.05) is 31.6 Å². The predicted octanol–water partition coefficient (Wildman–Crippen LogP) is 4.00. The molecule has 2 atom stereocenters. The highest BCUT2D eigenvalue weighted by Crippen LogP contribution is 2.25. The Kier molecular flexibility index (Phi) is 7.21. The van der Waals surface area contributed by atoms with Crippen LogP contribution in [0.5, 0.6) is 0 Å². The van der Waals surface area contributed by atoms with E-state index in [4.69, 9.17) is 17.0 Å². The molecular weight excluding hydrogens is 354 g/mol. The number of anilines is 1. The molecule has 4 nitrogen and oxygen atoms in total. The molecule has 2 aromatic carbocycles. The van der Waals surface area contributed by atoms with Gasteiger partial charge in [-0.05, 0) is 48.8 Å². The third-order valence-corrected chi connectivity index (χ3v) is 5.25. The molecule has 0 saturated carbocycles. The summed E-state index contributed by atoms with van der Waals surface area (Å²) in [5, 5.41) is 7.45. The van der Waals surface area contributed by atoms with Gasteiger partial charge >= 0.3 is 0 Å². The fourth-order valence-corrected chi connectivity index (χ4v) is 3.90. The first-order valence-corrected chi connectivity index (χ1v) is 10.1. The summed E-state index contributed by atoms with van der Waals surface area (Å²) in [6.07, 6.45) is 1.04. The van der Waals surface area contributed by atoms with Gasteiger partial charge in [0.2, 0.25) is 0 Å².